The van der Waals surface area contributed by atoms with Crippen LogP contribution in [0.3, 0.4) is 0 Å². The van der Waals surface area contributed by atoms with Gasteiger partial charge in [-0.15, -0.1) is 0 Å². The van der Waals surface area contributed by atoms with Crippen LogP contribution in [0.5, 0.6) is 0 Å². The highest BCUT2D eigenvalue weighted by molar-refractivity contribution is 5.96. The standard InChI is InChI=1S/C18H20N2O/c19-16-8-3-5-14(13-16)6-4-12-20-17-9-2-1-7-15(17)10-11-18(20)21/h1-3,5,7-9,13H,4,6,10-12,19H2. The molecule has 0 fully saturated rings. The maximum atomic E-state index is 12.2. The number of anilines is 2. The molecule has 3 nitrogen and oxygen atoms in total. The molecule has 108 valence electrons. The van der Waals surface area contributed by atoms with E-state index in [9.17, 15) is 4.79 Å². The van der Waals surface area contributed by atoms with Crippen molar-refractivity contribution in [3.8, 4) is 0 Å². The predicted octanol–water partition coefficient (Wildman–Crippen LogP) is 3.18. The summed E-state index contributed by atoms with van der Waals surface area (Å²) in [6, 6.07) is 16.2. The SMILES string of the molecule is Nc1cccc(CCCN2C(=O)CCc3ccccc32)c1. The average molecular weight is 280 g/mol. The molecule has 0 saturated heterocycles. The lowest BCUT2D eigenvalue weighted by molar-refractivity contribution is -0.118. The largest absolute Gasteiger partial charge is 0.399 e. The van der Waals surface area contributed by atoms with Gasteiger partial charge in [0.1, 0.15) is 0 Å². The Hall–Kier alpha value is -2.29. The fourth-order valence-electron chi connectivity index (χ4n) is 2.93. The molecule has 1 aliphatic rings. The Morgan fingerprint density at radius 1 is 1.05 bits per heavy atom. The number of carbonyl (C=O) groups is 1. The first kappa shape index (κ1) is 13.7. The summed E-state index contributed by atoms with van der Waals surface area (Å²) in [6.45, 7) is 0.768. The number of benzene rings is 2. The van der Waals surface area contributed by atoms with Crippen molar-refractivity contribution in [2.45, 2.75) is 25.7 Å². The van der Waals surface area contributed by atoms with E-state index >= 15 is 0 Å². The van der Waals surface area contributed by atoms with Crippen molar-refractivity contribution >= 4 is 17.3 Å². The normalized spacial score (nSPS) is 14.1. The zero-order valence-electron chi connectivity index (χ0n) is 12.1. The summed E-state index contributed by atoms with van der Waals surface area (Å²) in [6.07, 6.45) is 3.37. The van der Waals surface area contributed by atoms with Crippen molar-refractivity contribution in [3.63, 3.8) is 0 Å². The molecule has 0 aliphatic carbocycles. The number of nitrogens with two attached hydrogens (primary N) is 1. The van der Waals surface area contributed by atoms with Gasteiger partial charge < -0.3 is 10.6 Å². The molecule has 2 N–H and O–H groups in total. The van der Waals surface area contributed by atoms with Gasteiger partial charge in [0.15, 0.2) is 0 Å². The summed E-state index contributed by atoms with van der Waals surface area (Å²) in [4.78, 5) is 14.1. The lowest BCUT2D eigenvalue weighted by Gasteiger charge is -2.29. The Morgan fingerprint density at radius 3 is 2.76 bits per heavy atom. The molecule has 21 heavy (non-hydrogen) atoms. The minimum Gasteiger partial charge on any atom is -0.399 e. The first-order valence-corrected chi connectivity index (χ1v) is 7.47. The fraction of sp³-hybridized carbons (Fsp3) is 0.278. The third-order valence-electron chi connectivity index (χ3n) is 3.99. The molecular weight excluding hydrogens is 260 g/mol. The minimum absolute atomic E-state index is 0.237. The van der Waals surface area contributed by atoms with E-state index in [1.165, 1.54) is 11.1 Å². The smallest absolute Gasteiger partial charge is 0.227 e. The van der Waals surface area contributed by atoms with Crippen LogP contribution < -0.4 is 10.6 Å². The van der Waals surface area contributed by atoms with Crippen LogP contribution in [-0.2, 0) is 17.6 Å². The van der Waals surface area contributed by atoms with Crippen LogP contribution in [0, 0.1) is 0 Å². The number of hydrogen-bond donors (Lipinski definition) is 1. The number of nitrogens with zero attached hydrogens (tertiary/aromatic N) is 1. The number of nitrogen functional groups attached to an aromatic ring is 1. The molecule has 2 aromatic carbocycles. The van der Waals surface area contributed by atoms with E-state index < -0.39 is 0 Å². The molecule has 2 aromatic rings. The second-order valence-corrected chi connectivity index (χ2v) is 5.52. The number of fused-ring (bicyclic) bond motifs is 1. The Morgan fingerprint density at radius 2 is 1.90 bits per heavy atom. The minimum atomic E-state index is 0.237. The molecule has 1 amide bonds. The third kappa shape index (κ3) is 3.07. The fourth-order valence-corrected chi connectivity index (χ4v) is 2.93. The summed E-state index contributed by atoms with van der Waals surface area (Å²) < 4.78 is 0. The Kier molecular flexibility index (Phi) is 3.91. The Labute approximate surface area is 125 Å². The number of rotatable bonds is 4. The highest BCUT2D eigenvalue weighted by Gasteiger charge is 2.22. The monoisotopic (exact) mass is 280 g/mol. The molecule has 0 radical (unpaired) electrons. The molecule has 3 heteroatoms. The molecule has 1 heterocycles. The lowest BCUT2D eigenvalue weighted by atomic mass is 10.0. The van der Waals surface area contributed by atoms with Crippen LogP contribution >= 0.6 is 0 Å². The van der Waals surface area contributed by atoms with Crippen LogP contribution in [0.4, 0.5) is 11.4 Å². The first-order chi connectivity index (χ1) is 10.2. The number of aryl methyl sites for hydroxylation is 2. The Balaban J connectivity index is 1.66. The van der Waals surface area contributed by atoms with Crippen molar-refractivity contribution in [1.82, 2.24) is 0 Å². The molecule has 0 atom stereocenters. The van der Waals surface area contributed by atoms with Crippen LogP contribution in [0.25, 0.3) is 0 Å². The van der Waals surface area contributed by atoms with Crippen molar-refractivity contribution < 1.29 is 4.79 Å². The summed E-state index contributed by atoms with van der Waals surface area (Å²) in [5.41, 5.74) is 10.2. The maximum Gasteiger partial charge on any atom is 0.227 e. The van der Waals surface area contributed by atoms with Crippen molar-refractivity contribution in [3.05, 3.63) is 59.7 Å². The van der Waals surface area contributed by atoms with Gasteiger partial charge in [0.2, 0.25) is 5.91 Å². The highest BCUT2D eigenvalue weighted by atomic mass is 16.2. The second kappa shape index (κ2) is 6.00. The molecule has 0 unspecified atom stereocenters. The van der Waals surface area contributed by atoms with E-state index in [2.05, 4.69) is 12.1 Å². The topological polar surface area (TPSA) is 46.3 Å². The zero-order chi connectivity index (χ0) is 14.7. The summed E-state index contributed by atoms with van der Waals surface area (Å²) in [7, 11) is 0. The van der Waals surface area contributed by atoms with Crippen LogP contribution in [0.15, 0.2) is 48.5 Å². The third-order valence-corrected chi connectivity index (χ3v) is 3.99. The molecule has 0 aromatic heterocycles. The van der Waals surface area contributed by atoms with Gasteiger partial charge in [0.25, 0.3) is 0 Å². The van der Waals surface area contributed by atoms with Crippen LogP contribution in [0.2, 0.25) is 0 Å². The van der Waals surface area contributed by atoms with E-state index in [0.717, 1.165) is 37.2 Å². The summed E-state index contributed by atoms with van der Waals surface area (Å²) in [5.74, 6) is 0.237. The van der Waals surface area contributed by atoms with E-state index in [0.29, 0.717) is 6.42 Å². The van der Waals surface area contributed by atoms with Crippen molar-refractivity contribution in [1.29, 1.82) is 0 Å². The quantitative estimate of drug-likeness (QED) is 0.874. The van der Waals surface area contributed by atoms with Gasteiger partial charge >= 0.3 is 0 Å². The van der Waals surface area contributed by atoms with Crippen LogP contribution in [0.1, 0.15) is 24.0 Å². The van der Waals surface area contributed by atoms with E-state index in [-0.39, 0.29) is 5.91 Å². The second-order valence-electron chi connectivity index (χ2n) is 5.52. The van der Waals surface area contributed by atoms with Gasteiger partial charge in [-0.1, -0.05) is 30.3 Å². The van der Waals surface area contributed by atoms with E-state index in [1.807, 2.05) is 41.3 Å². The summed E-state index contributed by atoms with van der Waals surface area (Å²) in [5, 5.41) is 0. The Bertz CT molecular complexity index is 651. The molecule has 0 bridgehead atoms. The average Bonchev–Trinajstić information content (AvgIpc) is 2.50. The number of hydrogen-bond acceptors (Lipinski definition) is 2. The van der Waals surface area contributed by atoms with E-state index in [4.69, 9.17) is 5.73 Å². The number of amides is 1. The number of carbonyl (C=O) groups excluding carboxylic acids is 1. The van der Waals surface area contributed by atoms with E-state index in [1.54, 1.807) is 0 Å². The molecule has 1 aliphatic heterocycles. The predicted molar refractivity (Wildman–Crippen MR) is 86.3 cm³/mol. The molecule has 0 saturated carbocycles. The van der Waals surface area contributed by atoms with Gasteiger partial charge in [0, 0.05) is 24.3 Å². The van der Waals surface area contributed by atoms with Gasteiger partial charge in [-0.3, -0.25) is 4.79 Å². The highest BCUT2D eigenvalue weighted by Crippen LogP contribution is 2.27. The number of para-hydroxylation sites is 1. The lowest BCUT2D eigenvalue weighted by Crippen LogP contribution is -2.36. The van der Waals surface area contributed by atoms with Gasteiger partial charge in [-0.25, -0.2) is 0 Å². The summed E-state index contributed by atoms with van der Waals surface area (Å²) >= 11 is 0. The van der Waals surface area contributed by atoms with Gasteiger partial charge in [0.05, 0.1) is 0 Å². The first-order valence-electron chi connectivity index (χ1n) is 7.47. The van der Waals surface area contributed by atoms with Gasteiger partial charge in [-0.05, 0) is 48.6 Å². The van der Waals surface area contributed by atoms with Crippen LogP contribution in [-0.4, -0.2) is 12.5 Å². The molecule has 3 rings (SSSR count). The van der Waals surface area contributed by atoms with Crippen molar-refractivity contribution in [2.24, 2.45) is 0 Å². The van der Waals surface area contributed by atoms with Crippen molar-refractivity contribution in [2.75, 3.05) is 17.2 Å². The molecular formula is C18H20N2O. The maximum absolute atomic E-state index is 12.2. The van der Waals surface area contributed by atoms with Gasteiger partial charge in [-0.2, -0.15) is 0 Å². The zero-order valence-corrected chi connectivity index (χ0v) is 12.1. The molecule has 0 spiro atoms.